The molecule has 0 aromatic rings. The Morgan fingerprint density at radius 3 is 2.55 bits per heavy atom. The SMILES string of the molecule is CC(C)NCC1CCCCN1S(=O)(=O)N1CCSCC1. The van der Waals surface area contributed by atoms with Gasteiger partial charge in [0.1, 0.15) is 0 Å². The van der Waals surface area contributed by atoms with Crippen LogP contribution in [0.1, 0.15) is 33.1 Å². The van der Waals surface area contributed by atoms with Crippen LogP contribution in [0.2, 0.25) is 0 Å². The van der Waals surface area contributed by atoms with E-state index in [4.69, 9.17) is 0 Å². The molecule has 0 spiro atoms. The molecule has 1 atom stereocenters. The average molecular weight is 322 g/mol. The third-order valence-electron chi connectivity index (χ3n) is 3.93. The van der Waals surface area contributed by atoms with Crippen LogP contribution in [-0.2, 0) is 10.2 Å². The fraction of sp³-hybridized carbons (Fsp3) is 1.00. The Bertz CT molecular complexity index is 394. The van der Waals surface area contributed by atoms with E-state index in [-0.39, 0.29) is 6.04 Å². The summed E-state index contributed by atoms with van der Waals surface area (Å²) in [5.41, 5.74) is 0. The summed E-state index contributed by atoms with van der Waals surface area (Å²) in [6, 6.07) is 0.513. The molecule has 118 valence electrons. The number of hydrogen-bond donors (Lipinski definition) is 1. The molecule has 5 nitrogen and oxygen atoms in total. The van der Waals surface area contributed by atoms with Gasteiger partial charge in [0.2, 0.25) is 0 Å². The van der Waals surface area contributed by atoms with Gasteiger partial charge in [0.15, 0.2) is 0 Å². The van der Waals surface area contributed by atoms with Crippen LogP contribution >= 0.6 is 11.8 Å². The summed E-state index contributed by atoms with van der Waals surface area (Å²) in [4.78, 5) is 0. The Balaban J connectivity index is 2.05. The van der Waals surface area contributed by atoms with E-state index in [0.717, 1.165) is 37.3 Å². The minimum absolute atomic E-state index is 0.116. The molecule has 0 amide bonds. The van der Waals surface area contributed by atoms with Crippen molar-refractivity contribution in [2.75, 3.05) is 37.7 Å². The number of hydrogen-bond acceptors (Lipinski definition) is 4. The molecule has 2 heterocycles. The molecule has 0 aromatic heterocycles. The Morgan fingerprint density at radius 1 is 1.20 bits per heavy atom. The molecular formula is C13H27N3O2S2. The van der Waals surface area contributed by atoms with E-state index in [9.17, 15) is 8.42 Å². The third-order valence-corrected chi connectivity index (χ3v) is 6.96. The maximum absolute atomic E-state index is 12.8. The lowest BCUT2D eigenvalue weighted by molar-refractivity contribution is 0.225. The number of nitrogens with one attached hydrogen (secondary N) is 1. The number of thioether (sulfide) groups is 1. The van der Waals surface area contributed by atoms with Gasteiger partial charge in [-0.1, -0.05) is 20.3 Å². The molecule has 2 aliphatic heterocycles. The second kappa shape index (κ2) is 7.45. The first-order valence-electron chi connectivity index (χ1n) is 7.60. The van der Waals surface area contributed by atoms with E-state index in [1.807, 2.05) is 11.8 Å². The maximum atomic E-state index is 12.8. The molecular weight excluding hydrogens is 294 g/mol. The summed E-state index contributed by atoms with van der Waals surface area (Å²) in [7, 11) is -3.27. The van der Waals surface area contributed by atoms with Crippen LogP contribution < -0.4 is 5.32 Å². The topological polar surface area (TPSA) is 52.7 Å². The minimum Gasteiger partial charge on any atom is -0.313 e. The quantitative estimate of drug-likeness (QED) is 0.825. The third kappa shape index (κ3) is 4.10. The number of piperidine rings is 1. The normalized spacial score (nSPS) is 27.1. The van der Waals surface area contributed by atoms with Crippen molar-refractivity contribution in [3.63, 3.8) is 0 Å². The van der Waals surface area contributed by atoms with E-state index >= 15 is 0 Å². The Hall–Kier alpha value is 0.180. The lowest BCUT2D eigenvalue weighted by atomic mass is 10.0. The van der Waals surface area contributed by atoms with Crippen LogP contribution in [0.25, 0.3) is 0 Å². The van der Waals surface area contributed by atoms with Gasteiger partial charge in [-0.15, -0.1) is 0 Å². The monoisotopic (exact) mass is 321 g/mol. The highest BCUT2D eigenvalue weighted by Crippen LogP contribution is 2.24. The average Bonchev–Trinajstić information content (AvgIpc) is 2.46. The molecule has 2 saturated heterocycles. The standard InChI is InChI=1S/C13H27N3O2S2/c1-12(2)14-11-13-5-3-4-6-16(13)20(17,18)15-7-9-19-10-8-15/h12-14H,3-11H2,1-2H3. The van der Waals surface area contributed by atoms with Crippen molar-refractivity contribution in [2.24, 2.45) is 0 Å². The van der Waals surface area contributed by atoms with Crippen molar-refractivity contribution in [3.8, 4) is 0 Å². The molecule has 2 fully saturated rings. The smallest absolute Gasteiger partial charge is 0.282 e. The summed E-state index contributed by atoms with van der Waals surface area (Å²) in [6.45, 7) is 6.96. The lowest BCUT2D eigenvalue weighted by Gasteiger charge is -2.39. The molecule has 0 radical (unpaired) electrons. The minimum atomic E-state index is -3.27. The molecule has 1 unspecified atom stereocenters. The van der Waals surface area contributed by atoms with Gasteiger partial charge in [-0.3, -0.25) is 0 Å². The molecule has 2 aliphatic rings. The fourth-order valence-electron chi connectivity index (χ4n) is 2.78. The Kier molecular flexibility index (Phi) is 6.16. The fourth-order valence-corrected chi connectivity index (χ4v) is 5.77. The summed E-state index contributed by atoms with van der Waals surface area (Å²) in [6.07, 6.45) is 3.09. The van der Waals surface area contributed by atoms with Crippen molar-refractivity contribution >= 4 is 22.0 Å². The Morgan fingerprint density at radius 2 is 1.90 bits per heavy atom. The zero-order valence-electron chi connectivity index (χ0n) is 12.5. The first kappa shape index (κ1) is 16.5. The predicted molar refractivity (Wildman–Crippen MR) is 85.3 cm³/mol. The van der Waals surface area contributed by atoms with Crippen LogP contribution in [0, 0.1) is 0 Å². The van der Waals surface area contributed by atoms with Gasteiger partial charge in [0.05, 0.1) is 0 Å². The predicted octanol–water partition coefficient (Wildman–Crippen LogP) is 1.13. The van der Waals surface area contributed by atoms with Crippen molar-refractivity contribution < 1.29 is 8.42 Å². The Labute approximate surface area is 127 Å². The van der Waals surface area contributed by atoms with Gasteiger partial charge in [-0.2, -0.15) is 28.8 Å². The highest BCUT2D eigenvalue weighted by molar-refractivity contribution is 7.99. The van der Waals surface area contributed by atoms with Crippen molar-refractivity contribution in [2.45, 2.75) is 45.2 Å². The van der Waals surface area contributed by atoms with E-state index in [1.54, 1.807) is 8.61 Å². The molecule has 0 saturated carbocycles. The maximum Gasteiger partial charge on any atom is 0.282 e. The van der Waals surface area contributed by atoms with Crippen LogP contribution in [0.5, 0.6) is 0 Å². The van der Waals surface area contributed by atoms with Crippen LogP contribution in [0.3, 0.4) is 0 Å². The largest absolute Gasteiger partial charge is 0.313 e. The number of nitrogens with zero attached hydrogens (tertiary/aromatic N) is 2. The van der Waals surface area contributed by atoms with Gasteiger partial charge >= 0.3 is 0 Å². The zero-order chi connectivity index (χ0) is 14.6. The molecule has 0 aliphatic carbocycles. The van der Waals surface area contributed by atoms with Gasteiger partial charge in [-0.05, 0) is 12.8 Å². The van der Waals surface area contributed by atoms with Gasteiger partial charge in [0.25, 0.3) is 10.2 Å². The van der Waals surface area contributed by atoms with E-state index < -0.39 is 10.2 Å². The molecule has 7 heteroatoms. The van der Waals surface area contributed by atoms with Crippen LogP contribution in [-0.4, -0.2) is 66.8 Å². The van der Waals surface area contributed by atoms with Gasteiger partial charge < -0.3 is 5.32 Å². The summed E-state index contributed by atoms with van der Waals surface area (Å²) in [5, 5.41) is 3.39. The summed E-state index contributed by atoms with van der Waals surface area (Å²) >= 11 is 1.84. The van der Waals surface area contributed by atoms with Gasteiger partial charge in [0, 0.05) is 49.8 Å². The van der Waals surface area contributed by atoms with E-state index in [1.165, 1.54) is 0 Å². The molecule has 20 heavy (non-hydrogen) atoms. The summed E-state index contributed by atoms with van der Waals surface area (Å²) < 4.78 is 29.1. The van der Waals surface area contributed by atoms with E-state index in [2.05, 4.69) is 19.2 Å². The van der Waals surface area contributed by atoms with E-state index in [0.29, 0.717) is 25.7 Å². The second-order valence-corrected chi connectivity index (χ2v) is 8.95. The molecule has 0 aromatic carbocycles. The second-order valence-electron chi connectivity index (χ2n) is 5.84. The first-order chi connectivity index (χ1) is 9.51. The molecule has 0 bridgehead atoms. The van der Waals surface area contributed by atoms with Crippen molar-refractivity contribution in [3.05, 3.63) is 0 Å². The highest BCUT2D eigenvalue weighted by atomic mass is 32.2. The van der Waals surface area contributed by atoms with Crippen LogP contribution in [0.15, 0.2) is 0 Å². The number of rotatable bonds is 5. The molecule has 1 N–H and O–H groups in total. The summed E-state index contributed by atoms with van der Waals surface area (Å²) in [5.74, 6) is 1.84. The van der Waals surface area contributed by atoms with Crippen molar-refractivity contribution in [1.82, 2.24) is 13.9 Å². The molecule has 2 rings (SSSR count). The first-order valence-corrected chi connectivity index (χ1v) is 10.1. The van der Waals surface area contributed by atoms with Crippen molar-refractivity contribution in [1.29, 1.82) is 0 Å². The lowest BCUT2D eigenvalue weighted by Crippen LogP contribution is -2.55. The highest BCUT2D eigenvalue weighted by Gasteiger charge is 2.36. The van der Waals surface area contributed by atoms with Gasteiger partial charge in [-0.25, -0.2) is 0 Å². The van der Waals surface area contributed by atoms with Crippen LogP contribution in [0.4, 0.5) is 0 Å². The zero-order valence-corrected chi connectivity index (χ0v) is 14.2.